The first-order valence-corrected chi connectivity index (χ1v) is 8.55. The number of hydrogen-bond donors (Lipinski definition) is 1. The summed E-state index contributed by atoms with van der Waals surface area (Å²) in [5.74, 6) is -0.0868. The molecule has 1 aromatic carbocycles. The normalized spacial score (nSPS) is 20.9. The third-order valence-electron chi connectivity index (χ3n) is 4.70. The summed E-state index contributed by atoms with van der Waals surface area (Å²) in [4.78, 5) is 15.2. The van der Waals surface area contributed by atoms with Gasteiger partial charge in [-0.3, -0.25) is 9.69 Å². The van der Waals surface area contributed by atoms with Crippen molar-refractivity contribution in [3.63, 3.8) is 0 Å². The number of alkyl halides is 3. The number of amides is 1. The van der Waals surface area contributed by atoms with Gasteiger partial charge in [0.15, 0.2) is 0 Å². The van der Waals surface area contributed by atoms with Gasteiger partial charge >= 0.3 is 6.18 Å². The number of carbonyl (C=O) groups is 1. The fourth-order valence-corrected chi connectivity index (χ4v) is 3.44. The average molecular weight is 394 g/mol. The lowest BCUT2D eigenvalue weighted by Gasteiger charge is -2.29. The van der Waals surface area contributed by atoms with Gasteiger partial charge in [0, 0.05) is 25.0 Å². The Morgan fingerprint density at radius 1 is 1.27 bits per heavy atom. The monoisotopic (exact) mass is 393 g/mol. The molecule has 148 valence electrons. The molecule has 2 rings (SSSR count). The summed E-state index contributed by atoms with van der Waals surface area (Å²) < 4.78 is 38.1. The highest BCUT2D eigenvalue weighted by Crippen LogP contribution is 2.32. The molecular weight excluding hydrogens is 367 g/mol. The van der Waals surface area contributed by atoms with Crippen molar-refractivity contribution >= 4 is 18.3 Å². The van der Waals surface area contributed by atoms with E-state index in [1.807, 2.05) is 35.2 Å². The van der Waals surface area contributed by atoms with Crippen LogP contribution in [0.25, 0.3) is 0 Å². The number of nitrogens with two attached hydrogens (primary N) is 1. The largest absolute Gasteiger partial charge is 0.406 e. The molecule has 0 saturated carbocycles. The quantitative estimate of drug-likeness (QED) is 0.808. The molecule has 26 heavy (non-hydrogen) atoms. The summed E-state index contributed by atoms with van der Waals surface area (Å²) in [7, 11) is 0. The Morgan fingerprint density at radius 3 is 2.38 bits per heavy atom. The molecule has 0 aliphatic carbocycles. The Balaban J connectivity index is 0.00000338. The molecular formula is C18H27ClF3N3O. The van der Waals surface area contributed by atoms with Crippen LogP contribution in [-0.2, 0) is 4.79 Å². The molecule has 0 spiro atoms. The van der Waals surface area contributed by atoms with Crippen LogP contribution in [0.1, 0.15) is 25.3 Å². The summed E-state index contributed by atoms with van der Waals surface area (Å²) in [5, 5.41) is 0. The highest BCUT2D eigenvalue weighted by molar-refractivity contribution is 5.85. The molecule has 2 N–H and O–H groups in total. The minimum absolute atomic E-state index is 0. The third-order valence-corrected chi connectivity index (χ3v) is 4.70. The first-order chi connectivity index (χ1) is 11.7. The highest BCUT2D eigenvalue weighted by Gasteiger charge is 2.37. The van der Waals surface area contributed by atoms with Gasteiger partial charge < -0.3 is 10.6 Å². The lowest BCUT2D eigenvalue weighted by Crippen LogP contribution is -2.47. The summed E-state index contributed by atoms with van der Waals surface area (Å²) in [6.07, 6.45) is -4.39. The van der Waals surface area contributed by atoms with Crippen molar-refractivity contribution in [2.45, 2.75) is 32.0 Å². The van der Waals surface area contributed by atoms with Crippen LogP contribution in [-0.4, -0.2) is 60.6 Å². The molecule has 1 fully saturated rings. The summed E-state index contributed by atoms with van der Waals surface area (Å²) >= 11 is 0. The zero-order chi connectivity index (χ0) is 18.6. The number of hydrogen-bond acceptors (Lipinski definition) is 3. The Morgan fingerprint density at radius 2 is 1.88 bits per heavy atom. The number of halogens is 4. The van der Waals surface area contributed by atoms with Gasteiger partial charge in [-0.15, -0.1) is 12.4 Å². The first-order valence-electron chi connectivity index (χ1n) is 8.55. The predicted molar refractivity (Wildman–Crippen MR) is 98.3 cm³/mol. The third kappa shape index (κ3) is 6.14. The second-order valence-corrected chi connectivity index (χ2v) is 6.94. The van der Waals surface area contributed by atoms with E-state index in [0.717, 1.165) is 10.5 Å². The smallest absolute Gasteiger partial charge is 0.330 e. The van der Waals surface area contributed by atoms with E-state index in [-0.39, 0.29) is 30.8 Å². The van der Waals surface area contributed by atoms with Crippen molar-refractivity contribution in [3.05, 3.63) is 35.9 Å². The summed E-state index contributed by atoms with van der Waals surface area (Å²) in [6.45, 7) is 3.73. The number of likely N-dealkylation sites (tertiary alicyclic amines) is 1. The Bertz CT molecular complexity index is 569. The standard InChI is InChI=1S/C18H26F3N3O.ClH/c1-13(2)24(12-18(19,20)21)17(25)11-23-9-15(8-22)16(10-23)14-6-4-3-5-7-14;/h3-7,13,15-16H,8-12,22H2,1-2H3;1H/t15-,16+;/m1./s1. The van der Waals surface area contributed by atoms with Gasteiger partial charge in [-0.05, 0) is 31.9 Å². The molecule has 1 aliphatic rings. The SMILES string of the molecule is CC(C)N(CC(F)(F)F)C(=O)CN1C[C@@H](CN)[C@H](c2ccccc2)C1.Cl. The second kappa shape index (κ2) is 9.58. The minimum Gasteiger partial charge on any atom is -0.330 e. The molecule has 1 heterocycles. The van der Waals surface area contributed by atoms with Crippen LogP contribution in [0.3, 0.4) is 0 Å². The van der Waals surface area contributed by atoms with E-state index >= 15 is 0 Å². The molecule has 0 unspecified atom stereocenters. The van der Waals surface area contributed by atoms with Gasteiger partial charge in [-0.2, -0.15) is 13.2 Å². The van der Waals surface area contributed by atoms with Crippen LogP contribution < -0.4 is 5.73 Å². The van der Waals surface area contributed by atoms with Crippen molar-refractivity contribution in [2.75, 3.05) is 32.7 Å². The topological polar surface area (TPSA) is 49.6 Å². The molecule has 1 amide bonds. The summed E-state index contributed by atoms with van der Waals surface area (Å²) in [6, 6.07) is 9.42. The van der Waals surface area contributed by atoms with Gasteiger partial charge in [0.2, 0.25) is 5.91 Å². The van der Waals surface area contributed by atoms with Crippen LogP contribution >= 0.6 is 12.4 Å². The van der Waals surface area contributed by atoms with Crippen LogP contribution in [0.15, 0.2) is 30.3 Å². The van der Waals surface area contributed by atoms with E-state index in [2.05, 4.69) is 0 Å². The van der Waals surface area contributed by atoms with E-state index in [0.29, 0.717) is 19.6 Å². The van der Waals surface area contributed by atoms with Gasteiger partial charge in [-0.25, -0.2) is 0 Å². The fourth-order valence-electron chi connectivity index (χ4n) is 3.44. The van der Waals surface area contributed by atoms with E-state index in [1.165, 1.54) is 0 Å². The maximum absolute atomic E-state index is 12.7. The Labute approximate surface area is 158 Å². The van der Waals surface area contributed by atoms with Gasteiger partial charge in [0.25, 0.3) is 0 Å². The second-order valence-electron chi connectivity index (χ2n) is 6.94. The highest BCUT2D eigenvalue weighted by atomic mass is 35.5. The minimum atomic E-state index is -4.39. The average Bonchev–Trinajstić information content (AvgIpc) is 2.95. The van der Waals surface area contributed by atoms with Crippen LogP contribution in [0.4, 0.5) is 13.2 Å². The lowest BCUT2D eigenvalue weighted by atomic mass is 9.89. The Hall–Kier alpha value is -1.31. The molecule has 1 saturated heterocycles. The van der Waals surface area contributed by atoms with Crippen LogP contribution in [0.2, 0.25) is 0 Å². The predicted octanol–water partition coefficient (Wildman–Crippen LogP) is 2.88. The molecule has 0 radical (unpaired) electrons. The zero-order valence-electron chi connectivity index (χ0n) is 15.1. The number of benzene rings is 1. The van der Waals surface area contributed by atoms with E-state index in [1.54, 1.807) is 13.8 Å². The van der Waals surface area contributed by atoms with Crippen molar-refractivity contribution in [3.8, 4) is 0 Å². The van der Waals surface area contributed by atoms with Crippen molar-refractivity contribution in [1.29, 1.82) is 0 Å². The van der Waals surface area contributed by atoms with E-state index < -0.39 is 24.7 Å². The van der Waals surface area contributed by atoms with Gasteiger partial charge in [0.1, 0.15) is 6.54 Å². The van der Waals surface area contributed by atoms with Crippen molar-refractivity contribution in [2.24, 2.45) is 11.7 Å². The maximum Gasteiger partial charge on any atom is 0.406 e. The fraction of sp³-hybridized carbons (Fsp3) is 0.611. The number of carbonyl (C=O) groups excluding carboxylic acids is 1. The number of nitrogens with zero attached hydrogens (tertiary/aromatic N) is 2. The Kier molecular flexibility index (Phi) is 8.37. The van der Waals surface area contributed by atoms with Crippen molar-refractivity contribution < 1.29 is 18.0 Å². The van der Waals surface area contributed by atoms with Gasteiger partial charge in [0.05, 0.1) is 6.54 Å². The lowest BCUT2D eigenvalue weighted by molar-refractivity contribution is -0.165. The molecule has 0 bridgehead atoms. The molecule has 8 heteroatoms. The van der Waals surface area contributed by atoms with Crippen molar-refractivity contribution in [1.82, 2.24) is 9.80 Å². The maximum atomic E-state index is 12.7. The zero-order valence-corrected chi connectivity index (χ0v) is 15.9. The molecule has 2 atom stereocenters. The molecule has 1 aromatic rings. The van der Waals surface area contributed by atoms with E-state index in [4.69, 9.17) is 5.73 Å². The molecule has 1 aliphatic heterocycles. The van der Waals surface area contributed by atoms with Crippen LogP contribution in [0, 0.1) is 5.92 Å². The summed E-state index contributed by atoms with van der Waals surface area (Å²) in [5.41, 5.74) is 7.03. The van der Waals surface area contributed by atoms with E-state index in [9.17, 15) is 18.0 Å². The van der Waals surface area contributed by atoms with Crippen LogP contribution in [0.5, 0.6) is 0 Å². The first kappa shape index (κ1) is 22.7. The molecule has 4 nitrogen and oxygen atoms in total. The number of rotatable bonds is 6. The van der Waals surface area contributed by atoms with Gasteiger partial charge in [-0.1, -0.05) is 30.3 Å². The molecule has 0 aromatic heterocycles.